The summed E-state index contributed by atoms with van der Waals surface area (Å²) in [6.07, 6.45) is -0.107. The summed E-state index contributed by atoms with van der Waals surface area (Å²) in [5.41, 5.74) is 0. The molecule has 0 aromatic heterocycles. The van der Waals surface area contributed by atoms with E-state index in [4.69, 9.17) is 14.5 Å². The molecule has 0 saturated heterocycles. The summed E-state index contributed by atoms with van der Waals surface area (Å²) in [5.74, 6) is 0. The predicted octanol–water partition coefficient (Wildman–Crippen LogP) is 1.72. The van der Waals surface area contributed by atoms with Crippen molar-refractivity contribution in [3.8, 4) is 0 Å². The van der Waals surface area contributed by atoms with Gasteiger partial charge in [0, 0.05) is 6.61 Å². The lowest BCUT2D eigenvalue weighted by molar-refractivity contribution is 0.192. The first kappa shape index (κ1) is 13.2. The molecule has 78 valence electrons. The topological polar surface area (TPSA) is 83.8 Å². The summed E-state index contributed by atoms with van der Waals surface area (Å²) in [6.45, 7) is 4.68. The van der Waals surface area contributed by atoms with Crippen LogP contribution in [0.2, 0.25) is 0 Å². The van der Waals surface area contributed by atoms with Gasteiger partial charge in [-0.25, -0.2) is 0 Å². The summed E-state index contributed by atoms with van der Waals surface area (Å²) in [7, 11) is -6.38. The van der Waals surface area contributed by atoms with Gasteiger partial charge in [0.25, 0.3) is 4.90 Å². The smallest absolute Gasteiger partial charge is 0.338 e. The van der Waals surface area contributed by atoms with Crippen LogP contribution in [0.15, 0.2) is 0 Å². The molecule has 0 aromatic carbocycles. The van der Waals surface area contributed by atoms with Crippen LogP contribution in [-0.4, -0.2) is 27.6 Å². The van der Waals surface area contributed by atoms with Gasteiger partial charge in [-0.3, -0.25) is 4.57 Å². The Labute approximate surface area is 78.4 Å². The Morgan fingerprint density at radius 2 is 1.92 bits per heavy atom. The van der Waals surface area contributed by atoms with E-state index in [9.17, 15) is 9.13 Å². The van der Waals surface area contributed by atoms with Crippen LogP contribution in [0.5, 0.6) is 0 Å². The molecule has 0 amide bonds. The summed E-state index contributed by atoms with van der Waals surface area (Å²) >= 11 is 0. The SMILES string of the molecule is CCOC[P+](=O)C(C)(C)P(=O)(O)O. The van der Waals surface area contributed by atoms with Crippen LogP contribution in [0.1, 0.15) is 20.8 Å². The Balaban J connectivity index is 4.47. The Morgan fingerprint density at radius 1 is 1.46 bits per heavy atom. The molecule has 1 unspecified atom stereocenters. The van der Waals surface area contributed by atoms with E-state index in [0.717, 1.165) is 0 Å². The molecule has 2 N–H and O–H groups in total. The second-order valence-electron chi connectivity index (χ2n) is 3.04. The van der Waals surface area contributed by atoms with Crippen LogP contribution in [0.3, 0.4) is 0 Å². The van der Waals surface area contributed by atoms with Crippen LogP contribution < -0.4 is 0 Å². The minimum Gasteiger partial charge on any atom is -0.338 e. The molecular formula is C6H15O5P2+. The van der Waals surface area contributed by atoms with Gasteiger partial charge in [-0.1, -0.05) is 4.57 Å². The average Bonchev–Trinajstić information content (AvgIpc) is 1.97. The minimum atomic E-state index is -4.33. The summed E-state index contributed by atoms with van der Waals surface area (Å²) < 4.78 is 27.2. The lowest BCUT2D eigenvalue weighted by Gasteiger charge is -2.14. The minimum absolute atomic E-state index is 0.107. The molecule has 0 saturated carbocycles. The van der Waals surface area contributed by atoms with E-state index in [1.807, 2.05) is 0 Å². The first-order valence-electron chi connectivity index (χ1n) is 3.81. The van der Waals surface area contributed by atoms with E-state index < -0.39 is 20.3 Å². The third-order valence-corrected chi connectivity index (χ3v) is 6.25. The number of rotatable bonds is 5. The van der Waals surface area contributed by atoms with E-state index in [1.165, 1.54) is 13.8 Å². The van der Waals surface area contributed by atoms with Crippen LogP contribution in [0, 0.1) is 0 Å². The molecule has 0 fully saturated rings. The van der Waals surface area contributed by atoms with Crippen LogP contribution >= 0.6 is 15.4 Å². The van der Waals surface area contributed by atoms with E-state index in [-0.39, 0.29) is 6.35 Å². The third-order valence-electron chi connectivity index (χ3n) is 1.74. The lowest BCUT2D eigenvalue weighted by atomic mass is 10.5. The van der Waals surface area contributed by atoms with Crippen molar-refractivity contribution in [2.24, 2.45) is 0 Å². The van der Waals surface area contributed by atoms with Gasteiger partial charge in [-0.05, 0) is 20.8 Å². The third kappa shape index (κ3) is 3.45. The predicted molar refractivity (Wildman–Crippen MR) is 50.2 cm³/mol. The molecule has 0 radical (unpaired) electrons. The summed E-state index contributed by atoms with van der Waals surface area (Å²) in [4.78, 5) is 16.3. The first-order valence-corrected chi connectivity index (χ1v) is 6.87. The molecular weight excluding hydrogens is 214 g/mol. The second-order valence-corrected chi connectivity index (χ2v) is 7.73. The van der Waals surface area contributed by atoms with Gasteiger partial charge in [0.2, 0.25) is 6.35 Å². The molecule has 0 aliphatic carbocycles. The van der Waals surface area contributed by atoms with Gasteiger partial charge < -0.3 is 14.5 Å². The van der Waals surface area contributed by atoms with Crippen molar-refractivity contribution in [1.82, 2.24) is 0 Å². The maximum absolute atomic E-state index is 11.4. The number of hydrogen-bond acceptors (Lipinski definition) is 3. The quantitative estimate of drug-likeness (QED) is 0.701. The number of hydrogen-bond donors (Lipinski definition) is 2. The molecule has 5 nitrogen and oxygen atoms in total. The van der Waals surface area contributed by atoms with Crippen LogP contribution in [0.4, 0.5) is 0 Å². The van der Waals surface area contributed by atoms with E-state index in [2.05, 4.69) is 0 Å². The van der Waals surface area contributed by atoms with E-state index in [1.54, 1.807) is 6.92 Å². The summed E-state index contributed by atoms with van der Waals surface area (Å²) in [6, 6.07) is 0. The highest BCUT2D eigenvalue weighted by Gasteiger charge is 2.54. The Bertz CT molecular complexity index is 231. The van der Waals surface area contributed by atoms with Crippen molar-refractivity contribution in [3.63, 3.8) is 0 Å². The molecule has 0 rings (SSSR count). The molecule has 13 heavy (non-hydrogen) atoms. The lowest BCUT2D eigenvalue weighted by Crippen LogP contribution is -2.16. The van der Waals surface area contributed by atoms with Crippen molar-refractivity contribution in [1.29, 1.82) is 0 Å². The Kier molecular flexibility index (Phi) is 4.70. The van der Waals surface area contributed by atoms with Gasteiger partial charge in [-0.2, -0.15) is 0 Å². The van der Waals surface area contributed by atoms with E-state index in [0.29, 0.717) is 6.61 Å². The van der Waals surface area contributed by atoms with E-state index >= 15 is 0 Å². The maximum atomic E-state index is 11.4. The Morgan fingerprint density at radius 3 is 2.23 bits per heavy atom. The molecule has 1 atom stereocenters. The fourth-order valence-corrected chi connectivity index (χ4v) is 2.48. The van der Waals surface area contributed by atoms with Gasteiger partial charge in [0.15, 0.2) is 0 Å². The molecule has 7 heteroatoms. The van der Waals surface area contributed by atoms with Gasteiger partial charge in [0.05, 0.1) is 0 Å². The standard InChI is InChI=1S/C6H14O5P2/c1-4-11-5-12(7)6(2,3)13(8,9)10/h4-5H2,1-3H3,(H-,8,9,10)/p+1. The average molecular weight is 229 g/mol. The zero-order chi connectivity index (χ0) is 10.7. The summed E-state index contributed by atoms with van der Waals surface area (Å²) in [5, 5.41) is 0. The molecule has 0 aromatic rings. The normalized spacial score (nSPS) is 14.4. The van der Waals surface area contributed by atoms with Crippen molar-refractivity contribution >= 4 is 15.4 Å². The van der Waals surface area contributed by atoms with Crippen molar-refractivity contribution in [2.75, 3.05) is 13.0 Å². The monoisotopic (exact) mass is 229 g/mol. The highest BCUT2D eigenvalue weighted by Crippen LogP contribution is 2.62. The van der Waals surface area contributed by atoms with Gasteiger partial charge in [0.1, 0.15) is 0 Å². The highest BCUT2D eigenvalue weighted by atomic mass is 31.2. The first-order chi connectivity index (χ1) is 5.73. The zero-order valence-electron chi connectivity index (χ0n) is 7.93. The largest absolute Gasteiger partial charge is 0.385 e. The second kappa shape index (κ2) is 4.63. The molecule has 0 aliphatic rings. The zero-order valence-corrected chi connectivity index (χ0v) is 9.72. The molecule has 0 heterocycles. The maximum Gasteiger partial charge on any atom is 0.385 e. The fraction of sp³-hybridized carbons (Fsp3) is 1.00. The molecule has 0 bridgehead atoms. The fourth-order valence-electron chi connectivity index (χ4n) is 0.477. The highest BCUT2D eigenvalue weighted by molar-refractivity contribution is 7.69. The number of ether oxygens (including phenoxy) is 1. The van der Waals surface area contributed by atoms with Gasteiger partial charge >= 0.3 is 15.4 Å². The van der Waals surface area contributed by atoms with Crippen molar-refractivity contribution < 1.29 is 23.7 Å². The molecule has 0 spiro atoms. The van der Waals surface area contributed by atoms with Crippen molar-refractivity contribution in [2.45, 2.75) is 25.7 Å². The van der Waals surface area contributed by atoms with Crippen LogP contribution in [0.25, 0.3) is 0 Å². The molecule has 0 aliphatic heterocycles. The van der Waals surface area contributed by atoms with Gasteiger partial charge in [-0.15, -0.1) is 0 Å². The Hall–Kier alpha value is 0.210. The van der Waals surface area contributed by atoms with Crippen LogP contribution in [-0.2, 0) is 13.9 Å². The van der Waals surface area contributed by atoms with Crippen molar-refractivity contribution in [3.05, 3.63) is 0 Å².